The average Bonchev–Trinajstić information content (AvgIpc) is 2.70. The van der Waals surface area contributed by atoms with Gasteiger partial charge in [-0.05, 0) is 30.3 Å². The second kappa shape index (κ2) is 5.90. The number of ether oxygens (including phenoxy) is 1. The number of H-pyrrole nitrogens is 1. The molecule has 0 aliphatic carbocycles. The lowest BCUT2D eigenvalue weighted by Gasteiger charge is -2.22. The van der Waals surface area contributed by atoms with E-state index in [4.69, 9.17) is 17.0 Å². The van der Waals surface area contributed by atoms with E-state index in [2.05, 4.69) is 18.8 Å². The fourth-order valence-electron chi connectivity index (χ4n) is 2.50. The number of hydrogen-bond donors (Lipinski definition) is 1. The van der Waals surface area contributed by atoms with Crippen molar-refractivity contribution in [2.45, 2.75) is 24.8 Å². The molecule has 1 N–H and O–H groups in total. The summed E-state index contributed by atoms with van der Waals surface area (Å²) in [4.78, 5) is 3.31. The third-order valence-corrected chi connectivity index (χ3v) is 4.99. The Morgan fingerprint density at radius 3 is 2.57 bits per heavy atom. The van der Waals surface area contributed by atoms with Crippen LogP contribution in [0.3, 0.4) is 0 Å². The third-order valence-electron chi connectivity index (χ3n) is 3.55. The molecule has 21 heavy (non-hydrogen) atoms. The molecule has 0 amide bonds. The van der Waals surface area contributed by atoms with Crippen LogP contribution in [0.15, 0.2) is 23.1 Å². The van der Waals surface area contributed by atoms with Crippen molar-refractivity contribution >= 4 is 33.1 Å². The zero-order valence-electron chi connectivity index (χ0n) is 12.6. The van der Waals surface area contributed by atoms with E-state index < -0.39 is 9.84 Å². The lowest BCUT2D eigenvalue weighted by atomic mass is 10.1. The fraction of sp³-hybridized carbons (Fsp3) is 0.500. The average molecular weight is 328 g/mol. The summed E-state index contributed by atoms with van der Waals surface area (Å²) in [6.45, 7) is 4.69. The number of imidazole rings is 1. The van der Waals surface area contributed by atoms with Crippen molar-refractivity contribution in [1.82, 2.24) is 9.55 Å². The number of fused-ring (bicyclic) bond motifs is 1. The summed E-state index contributed by atoms with van der Waals surface area (Å²) < 4.78 is 31.6. The number of benzene rings is 1. The van der Waals surface area contributed by atoms with E-state index in [1.165, 1.54) is 6.26 Å². The van der Waals surface area contributed by atoms with E-state index in [1.54, 1.807) is 19.2 Å². The molecule has 0 fully saturated rings. The van der Waals surface area contributed by atoms with Gasteiger partial charge in [0.05, 0.1) is 28.6 Å². The summed E-state index contributed by atoms with van der Waals surface area (Å²) in [5, 5.41) is 0. The minimum Gasteiger partial charge on any atom is -0.383 e. The van der Waals surface area contributed by atoms with Gasteiger partial charge in [0.1, 0.15) is 0 Å². The summed E-state index contributed by atoms with van der Waals surface area (Å²) in [7, 11) is -1.66. The molecule has 1 aromatic heterocycles. The molecular formula is C14H20N2O3S2. The molecule has 2 rings (SSSR count). The van der Waals surface area contributed by atoms with Crippen LogP contribution in [0.1, 0.15) is 19.9 Å². The molecular weight excluding hydrogens is 308 g/mol. The van der Waals surface area contributed by atoms with Gasteiger partial charge in [-0.3, -0.25) is 0 Å². The van der Waals surface area contributed by atoms with Gasteiger partial charge in [0.15, 0.2) is 14.6 Å². The van der Waals surface area contributed by atoms with Gasteiger partial charge in [-0.1, -0.05) is 19.9 Å². The molecule has 2 aromatic rings. The van der Waals surface area contributed by atoms with Gasteiger partial charge in [0.2, 0.25) is 0 Å². The third kappa shape index (κ3) is 3.04. The zero-order chi connectivity index (χ0) is 15.8. The number of sulfone groups is 1. The van der Waals surface area contributed by atoms with Gasteiger partial charge in [-0.25, -0.2) is 8.42 Å². The molecule has 0 aliphatic heterocycles. The van der Waals surface area contributed by atoms with Crippen LogP contribution in [0.2, 0.25) is 0 Å². The van der Waals surface area contributed by atoms with Crippen molar-refractivity contribution in [3.8, 4) is 0 Å². The fourth-order valence-corrected chi connectivity index (χ4v) is 3.68. The standard InChI is InChI=1S/C14H20N2O3S2/c1-9(2)11(8-19-3)16-10-6-5-7-12(21(4,17)18)13(10)15-14(16)20/h5-7,9,11H,8H2,1-4H3,(H,15,20). The van der Waals surface area contributed by atoms with Gasteiger partial charge in [-0.2, -0.15) is 0 Å². The van der Waals surface area contributed by atoms with Crippen molar-refractivity contribution in [2.24, 2.45) is 5.92 Å². The molecule has 5 nitrogen and oxygen atoms in total. The van der Waals surface area contributed by atoms with Crippen LogP contribution in [0, 0.1) is 10.7 Å². The zero-order valence-corrected chi connectivity index (χ0v) is 14.2. The lowest BCUT2D eigenvalue weighted by Crippen LogP contribution is -2.20. The summed E-state index contributed by atoms with van der Waals surface area (Å²) in [6.07, 6.45) is 1.20. The van der Waals surface area contributed by atoms with Crippen LogP contribution in [0.25, 0.3) is 11.0 Å². The van der Waals surface area contributed by atoms with Crippen LogP contribution < -0.4 is 0 Å². The predicted octanol–water partition coefficient (Wildman–Crippen LogP) is 2.95. The number of rotatable bonds is 5. The number of methoxy groups -OCH3 is 1. The maximum atomic E-state index is 11.9. The van der Waals surface area contributed by atoms with Crippen LogP contribution in [0.5, 0.6) is 0 Å². The Labute approximate surface area is 129 Å². The predicted molar refractivity (Wildman–Crippen MR) is 86.0 cm³/mol. The Bertz CT molecular complexity index is 803. The van der Waals surface area contributed by atoms with Crippen molar-refractivity contribution in [2.75, 3.05) is 20.0 Å². The van der Waals surface area contributed by atoms with Gasteiger partial charge in [0.25, 0.3) is 0 Å². The number of aromatic nitrogens is 2. The Kier molecular flexibility index (Phi) is 4.55. The Hall–Kier alpha value is -1.18. The number of nitrogens with zero attached hydrogens (tertiary/aromatic N) is 1. The molecule has 1 heterocycles. The SMILES string of the molecule is COCC(C(C)C)n1c(=S)[nH]c2c(S(C)(=O)=O)cccc21. The molecule has 1 atom stereocenters. The first-order chi connectivity index (χ1) is 9.77. The maximum absolute atomic E-state index is 11.9. The van der Waals surface area contributed by atoms with Crippen molar-refractivity contribution in [3.05, 3.63) is 23.0 Å². The monoisotopic (exact) mass is 328 g/mol. The van der Waals surface area contributed by atoms with E-state index >= 15 is 0 Å². The Morgan fingerprint density at radius 2 is 2.05 bits per heavy atom. The second-order valence-corrected chi connectivity index (χ2v) is 7.86. The van der Waals surface area contributed by atoms with Gasteiger partial charge in [0, 0.05) is 13.4 Å². The van der Waals surface area contributed by atoms with Crippen LogP contribution >= 0.6 is 12.2 Å². The molecule has 0 spiro atoms. The maximum Gasteiger partial charge on any atom is 0.178 e. The summed E-state index contributed by atoms with van der Waals surface area (Å²) in [5.41, 5.74) is 1.35. The quantitative estimate of drug-likeness (QED) is 0.857. The Morgan fingerprint density at radius 1 is 1.38 bits per heavy atom. The first-order valence-corrected chi connectivity index (χ1v) is 8.99. The molecule has 0 saturated carbocycles. The first kappa shape index (κ1) is 16.2. The number of hydrogen-bond acceptors (Lipinski definition) is 4. The topological polar surface area (TPSA) is 64.1 Å². The van der Waals surface area contributed by atoms with Crippen molar-refractivity contribution in [1.29, 1.82) is 0 Å². The molecule has 1 unspecified atom stereocenters. The largest absolute Gasteiger partial charge is 0.383 e. The summed E-state index contributed by atoms with van der Waals surface area (Å²) in [6, 6.07) is 5.25. The second-order valence-electron chi connectivity index (χ2n) is 5.49. The highest BCUT2D eigenvalue weighted by Gasteiger charge is 2.22. The minimum atomic E-state index is -3.31. The van der Waals surface area contributed by atoms with E-state index in [-0.39, 0.29) is 10.9 Å². The molecule has 7 heteroatoms. The highest BCUT2D eigenvalue weighted by molar-refractivity contribution is 7.91. The van der Waals surface area contributed by atoms with Gasteiger partial charge >= 0.3 is 0 Å². The van der Waals surface area contributed by atoms with Crippen LogP contribution in [-0.4, -0.2) is 37.9 Å². The highest BCUT2D eigenvalue weighted by atomic mass is 32.2. The molecule has 1 aromatic carbocycles. The number of aromatic amines is 1. The van der Waals surface area contributed by atoms with E-state index in [1.807, 2.05) is 10.6 Å². The smallest absolute Gasteiger partial charge is 0.178 e. The molecule has 0 aliphatic rings. The molecule has 116 valence electrons. The number of nitrogens with one attached hydrogen (secondary N) is 1. The van der Waals surface area contributed by atoms with Crippen LogP contribution in [-0.2, 0) is 14.6 Å². The Balaban J connectivity index is 2.78. The number of para-hydroxylation sites is 1. The van der Waals surface area contributed by atoms with Crippen molar-refractivity contribution in [3.63, 3.8) is 0 Å². The normalized spacial score (nSPS) is 14.0. The van der Waals surface area contributed by atoms with E-state index in [0.29, 0.717) is 22.8 Å². The van der Waals surface area contributed by atoms with Gasteiger partial charge in [-0.15, -0.1) is 0 Å². The molecule has 0 saturated heterocycles. The molecule has 0 radical (unpaired) electrons. The molecule has 0 bridgehead atoms. The van der Waals surface area contributed by atoms with E-state index in [0.717, 1.165) is 5.52 Å². The summed E-state index contributed by atoms with van der Waals surface area (Å²) in [5.74, 6) is 0.303. The van der Waals surface area contributed by atoms with Gasteiger partial charge < -0.3 is 14.3 Å². The first-order valence-electron chi connectivity index (χ1n) is 6.69. The van der Waals surface area contributed by atoms with E-state index in [9.17, 15) is 8.42 Å². The lowest BCUT2D eigenvalue weighted by molar-refractivity contribution is 0.134. The van der Waals surface area contributed by atoms with Crippen molar-refractivity contribution < 1.29 is 13.2 Å². The minimum absolute atomic E-state index is 0.0473. The highest BCUT2D eigenvalue weighted by Crippen LogP contribution is 2.28. The van der Waals surface area contributed by atoms with Crippen LogP contribution in [0.4, 0.5) is 0 Å². The summed E-state index contributed by atoms with van der Waals surface area (Å²) >= 11 is 5.40.